The topological polar surface area (TPSA) is 83.9 Å². The lowest BCUT2D eigenvalue weighted by Gasteiger charge is -2.27. The lowest BCUT2D eigenvalue weighted by atomic mass is 9.91. The van der Waals surface area contributed by atoms with Crippen molar-refractivity contribution in [1.82, 2.24) is 0 Å². The number of nitrogens with zero attached hydrogens (tertiary/aromatic N) is 1. The highest BCUT2D eigenvalue weighted by Gasteiger charge is 2.44. The van der Waals surface area contributed by atoms with Crippen molar-refractivity contribution in [3.63, 3.8) is 0 Å². The van der Waals surface area contributed by atoms with E-state index in [9.17, 15) is 19.5 Å². The van der Waals surface area contributed by atoms with Crippen molar-refractivity contribution in [3.8, 4) is 0 Å². The van der Waals surface area contributed by atoms with Crippen molar-refractivity contribution in [1.29, 1.82) is 0 Å². The van der Waals surface area contributed by atoms with Crippen LogP contribution >= 0.6 is 0 Å². The molecule has 168 valence electrons. The number of benzene rings is 2. The molecular formula is C26H29NO5. The summed E-state index contributed by atoms with van der Waals surface area (Å²) < 4.78 is 5.16. The Bertz CT molecular complexity index is 1050. The zero-order chi connectivity index (χ0) is 23.4. The molecule has 2 aromatic rings. The molecule has 1 heterocycles. The van der Waals surface area contributed by atoms with Crippen LogP contribution in [0.1, 0.15) is 61.1 Å². The predicted molar refractivity (Wildman–Crippen MR) is 123 cm³/mol. The molecule has 1 N–H and O–H groups in total. The maximum atomic E-state index is 13.1. The van der Waals surface area contributed by atoms with Crippen molar-refractivity contribution < 1.29 is 24.2 Å². The van der Waals surface area contributed by atoms with E-state index in [1.807, 2.05) is 52.0 Å². The number of amides is 1. The molecule has 0 saturated heterocycles. The number of aliphatic hydroxyl groups is 1. The van der Waals surface area contributed by atoms with Gasteiger partial charge in [0.2, 0.25) is 0 Å². The van der Waals surface area contributed by atoms with Gasteiger partial charge in [-0.1, -0.05) is 50.6 Å². The van der Waals surface area contributed by atoms with Crippen LogP contribution in [0.5, 0.6) is 0 Å². The molecular weight excluding hydrogens is 406 g/mol. The van der Waals surface area contributed by atoms with Gasteiger partial charge in [-0.15, -0.1) is 0 Å². The number of esters is 1. The van der Waals surface area contributed by atoms with E-state index >= 15 is 0 Å². The lowest BCUT2D eigenvalue weighted by Crippen LogP contribution is -2.31. The normalized spacial score (nSPS) is 16.1. The Morgan fingerprint density at radius 2 is 1.81 bits per heavy atom. The van der Waals surface area contributed by atoms with Gasteiger partial charge in [-0.25, -0.2) is 4.79 Å². The van der Waals surface area contributed by atoms with Crippen LogP contribution in [0.15, 0.2) is 59.9 Å². The Morgan fingerprint density at radius 1 is 1.12 bits per heavy atom. The standard InChI is InChI=1S/C26H29NO5/c1-5-13-32-26(31)18-9-11-20(12-10-18)27-23(19-8-6-7-17(4)15-19)22(24(29)25(27)30)21(28)14-16(2)3/h6-12,15-16,23,29H,5,13-14H2,1-4H3. The minimum atomic E-state index is -0.744. The number of ether oxygens (including phenoxy) is 1. The number of carbonyl (C=O) groups excluding carboxylic acids is 3. The lowest BCUT2D eigenvalue weighted by molar-refractivity contribution is -0.118. The zero-order valence-corrected chi connectivity index (χ0v) is 18.9. The summed E-state index contributed by atoms with van der Waals surface area (Å²) in [5.74, 6) is -1.76. The molecule has 0 saturated carbocycles. The van der Waals surface area contributed by atoms with E-state index in [0.29, 0.717) is 17.9 Å². The van der Waals surface area contributed by atoms with Crippen molar-refractivity contribution >= 4 is 23.3 Å². The van der Waals surface area contributed by atoms with Crippen LogP contribution < -0.4 is 4.90 Å². The molecule has 0 aromatic heterocycles. The molecule has 6 heteroatoms. The number of rotatable bonds is 8. The van der Waals surface area contributed by atoms with Gasteiger partial charge in [0.15, 0.2) is 11.5 Å². The third-order valence-corrected chi connectivity index (χ3v) is 5.28. The quantitative estimate of drug-likeness (QED) is 0.585. The van der Waals surface area contributed by atoms with E-state index < -0.39 is 23.7 Å². The SMILES string of the molecule is CCCOC(=O)c1ccc(N2C(=O)C(O)=C(C(=O)CC(C)C)C2c2cccc(C)c2)cc1. The summed E-state index contributed by atoms with van der Waals surface area (Å²) in [6, 6.07) is 13.2. The molecule has 1 atom stereocenters. The van der Waals surface area contributed by atoms with Gasteiger partial charge in [0.25, 0.3) is 5.91 Å². The maximum Gasteiger partial charge on any atom is 0.338 e. The first-order valence-electron chi connectivity index (χ1n) is 10.9. The van der Waals surface area contributed by atoms with E-state index in [1.54, 1.807) is 24.3 Å². The number of ketones is 1. The van der Waals surface area contributed by atoms with Crippen molar-refractivity contribution in [3.05, 3.63) is 76.6 Å². The first kappa shape index (κ1) is 23.3. The zero-order valence-electron chi connectivity index (χ0n) is 18.9. The Labute approximate surface area is 188 Å². The van der Waals surface area contributed by atoms with E-state index in [1.165, 1.54) is 4.90 Å². The summed E-state index contributed by atoms with van der Waals surface area (Å²) in [5, 5.41) is 10.7. The molecule has 0 spiro atoms. The molecule has 0 fully saturated rings. The molecule has 1 amide bonds. The number of aryl methyl sites for hydroxylation is 1. The molecule has 1 aliphatic heterocycles. The van der Waals surface area contributed by atoms with Gasteiger partial charge >= 0.3 is 5.97 Å². The fourth-order valence-corrected chi connectivity index (χ4v) is 3.83. The van der Waals surface area contributed by atoms with E-state index in [4.69, 9.17) is 4.74 Å². The van der Waals surface area contributed by atoms with E-state index in [-0.39, 0.29) is 23.7 Å². The van der Waals surface area contributed by atoms with Crippen molar-refractivity contribution in [2.75, 3.05) is 11.5 Å². The summed E-state index contributed by atoms with van der Waals surface area (Å²) in [6.07, 6.45) is 0.952. The minimum Gasteiger partial charge on any atom is -0.503 e. The fraction of sp³-hybridized carbons (Fsp3) is 0.346. The monoisotopic (exact) mass is 435 g/mol. The Morgan fingerprint density at radius 3 is 2.41 bits per heavy atom. The van der Waals surface area contributed by atoms with Crippen LogP contribution in [0.3, 0.4) is 0 Å². The predicted octanol–water partition coefficient (Wildman–Crippen LogP) is 5.08. The van der Waals surface area contributed by atoms with Gasteiger partial charge in [0, 0.05) is 12.1 Å². The van der Waals surface area contributed by atoms with Gasteiger partial charge in [0.1, 0.15) is 0 Å². The molecule has 32 heavy (non-hydrogen) atoms. The molecule has 0 aliphatic carbocycles. The highest BCUT2D eigenvalue weighted by molar-refractivity contribution is 6.16. The summed E-state index contributed by atoms with van der Waals surface area (Å²) in [6.45, 7) is 8.02. The van der Waals surface area contributed by atoms with Gasteiger partial charge in [-0.2, -0.15) is 0 Å². The molecule has 1 unspecified atom stereocenters. The Balaban J connectivity index is 2.03. The highest BCUT2D eigenvalue weighted by atomic mass is 16.5. The molecule has 0 bridgehead atoms. The van der Waals surface area contributed by atoms with Crippen LogP contribution in [0, 0.1) is 12.8 Å². The van der Waals surface area contributed by atoms with Crippen LogP contribution in [0.2, 0.25) is 0 Å². The fourth-order valence-electron chi connectivity index (χ4n) is 3.83. The molecule has 6 nitrogen and oxygen atoms in total. The second kappa shape index (κ2) is 9.81. The van der Waals surface area contributed by atoms with Crippen LogP contribution in [0.4, 0.5) is 5.69 Å². The maximum absolute atomic E-state index is 13.1. The second-order valence-corrected chi connectivity index (χ2v) is 8.46. The smallest absolute Gasteiger partial charge is 0.338 e. The van der Waals surface area contributed by atoms with Crippen LogP contribution in [-0.2, 0) is 14.3 Å². The summed E-state index contributed by atoms with van der Waals surface area (Å²) in [7, 11) is 0. The molecule has 1 aliphatic rings. The number of aliphatic hydroxyl groups excluding tert-OH is 1. The van der Waals surface area contributed by atoms with E-state index in [0.717, 1.165) is 17.5 Å². The number of hydrogen-bond donors (Lipinski definition) is 1. The summed E-state index contributed by atoms with van der Waals surface area (Å²) >= 11 is 0. The van der Waals surface area contributed by atoms with Crippen LogP contribution in [0.25, 0.3) is 0 Å². The summed E-state index contributed by atoms with van der Waals surface area (Å²) in [5.41, 5.74) is 2.68. The Hall–Kier alpha value is -3.41. The number of Topliss-reactive ketones (excluding diaryl/α,β-unsaturated/α-hetero) is 1. The number of anilines is 1. The van der Waals surface area contributed by atoms with Crippen LogP contribution in [-0.4, -0.2) is 29.4 Å². The third kappa shape index (κ3) is 4.74. The minimum absolute atomic E-state index is 0.0820. The average Bonchev–Trinajstić information content (AvgIpc) is 3.02. The molecule has 3 rings (SSSR count). The first-order chi connectivity index (χ1) is 15.2. The van der Waals surface area contributed by atoms with Gasteiger partial charge in [0.05, 0.1) is 23.8 Å². The van der Waals surface area contributed by atoms with Crippen molar-refractivity contribution in [2.24, 2.45) is 5.92 Å². The van der Waals surface area contributed by atoms with Gasteiger partial charge in [-0.05, 0) is 49.1 Å². The largest absolute Gasteiger partial charge is 0.503 e. The van der Waals surface area contributed by atoms with Crippen molar-refractivity contribution in [2.45, 2.75) is 46.6 Å². The van der Waals surface area contributed by atoms with E-state index in [2.05, 4.69) is 0 Å². The Kier molecular flexibility index (Phi) is 7.13. The summed E-state index contributed by atoms with van der Waals surface area (Å²) in [4.78, 5) is 39.7. The number of carbonyl (C=O) groups is 3. The first-order valence-corrected chi connectivity index (χ1v) is 10.9. The third-order valence-electron chi connectivity index (χ3n) is 5.28. The molecule has 0 radical (unpaired) electrons. The number of hydrogen-bond acceptors (Lipinski definition) is 5. The second-order valence-electron chi connectivity index (χ2n) is 8.46. The highest BCUT2D eigenvalue weighted by Crippen LogP contribution is 2.41. The van der Waals surface area contributed by atoms with Gasteiger partial charge in [-0.3, -0.25) is 14.5 Å². The molecule has 2 aromatic carbocycles. The van der Waals surface area contributed by atoms with Gasteiger partial charge < -0.3 is 9.84 Å². The average molecular weight is 436 g/mol.